The molecule has 6 aromatic carbocycles. The Hall–Kier alpha value is -4.68. The van der Waals surface area contributed by atoms with Gasteiger partial charge in [0.05, 0.1) is 0 Å². The summed E-state index contributed by atoms with van der Waals surface area (Å²) in [4.78, 5) is 0. The molecule has 0 atom stereocenters. The molecule has 8 rings (SSSR count). The molecule has 190 valence electrons. The molecule has 6 aromatic rings. The fourth-order valence-electron chi connectivity index (χ4n) is 7.52. The smallest absolute Gasteiger partial charge is 0.0435 e. The number of hydrogen-bond acceptors (Lipinski definition) is 0. The van der Waals surface area contributed by atoms with Gasteiger partial charge in [-0.15, -0.1) is 0 Å². The highest BCUT2D eigenvalue weighted by molar-refractivity contribution is 5.84. The minimum atomic E-state index is -0.159. The maximum absolute atomic E-state index is 2.37. The number of rotatable bonds is 3. The Morgan fingerprint density at radius 3 is 0.825 bits per heavy atom. The van der Waals surface area contributed by atoms with Crippen molar-refractivity contribution in [3.8, 4) is 33.4 Å². The van der Waals surface area contributed by atoms with E-state index in [-0.39, 0.29) is 10.8 Å². The van der Waals surface area contributed by atoms with Gasteiger partial charge >= 0.3 is 0 Å². The van der Waals surface area contributed by atoms with Crippen LogP contribution in [0.3, 0.4) is 0 Å². The van der Waals surface area contributed by atoms with Crippen LogP contribution in [0.1, 0.15) is 47.2 Å². The molecule has 2 aliphatic rings. The van der Waals surface area contributed by atoms with Crippen molar-refractivity contribution in [1.29, 1.82) is 0 Å². The Balaban J connectivity index is 1.17. The summed E-state index contributed by atoms with van der Waals surface area (Å²) < 4.78 is 0. The molecule has 0 saturated carbocycles. The third-order valence-electron chi connectivity index (χ3n) is 9.70. The van der Waals surface area contributed by atoms with Crippen LogP contribution in [0.15, 0.2) is 146 Å². The quantitative estimate of drug-likeness (QED) is 0.222. The Kier molecular flexibility index (Phi) is 4.88. The van der Waals surface area contributed by atoms with Gasteiger partial charge in [-0.25, -0.2) is 0 Å². The zero-order valence-corrected chi connectivity index (χ0v) is 22.9. The van der Waals surface area contributed by atoms with Crippen LogP contribution >= 0.6 is 0 Å². The van der Waals surface area contributed by atoms with E-state index in [4.69, 9.17) is 0 Å². The summed E-state index contributed by atoms with van der Waals surface area (Å²) >= 11 is 0. The zero-order chi connectivity index (χ0) is 26.9. The lowest BCUT2D eigenvalue weighted by Crippen LogP contribution is -2.22. The summed E-state index contributed by atoms with van der Waals surface area (Å²) in [6, 6.07) is 54.0. The molecule has 0 saturated heterocycles. The minimum absolute atomic E-state index is 0.159. The molecule has 0 aromatic heterocycles. The van der Waals surface area contributed by atoms with Gasteiger partial charge in [-0.3, -0.25) is 0 Å². The van der Waals surface area contributed by atoms with Gasteiger partial charge in [-0.1, -0.05) is 146 Å². The SMILES string of the molecule is CC1(c2ccc(-c3ccc(C4(C)c5ccccc5-c5ccccc54)cc3)cc2)c2ccccc2-c2ccccc21. The van der Waals surface area contributed by atoms with Gasteiger partial charge in [-0.05, 0) is 80.6 Å². The van der Waals surface area contributed by atoms with E-state index in [1.165, 1.54) is 66.8 Å². The lowest BCUT2D eigenvalue weighted by atomic mass is 9.73. The van der Waals surface area contributed by atoms with Gasteiger partial charge < -0.3 is 0 Å². The van der Waals surface area contributed by atoms with Crippen molar-refractivity contribution >= 4 is 0 Å². The largest absolute Gasteiger partial charge is 0.0619 e. The Morgan fingerprint density at radius 1 is 0.300 bits per heavy atom. The first-order chi connectivity index (χ1) is 19.6. The third kappa shape index (κ3) is 3.02. The summed E-state index contributed by atoms with van der Waals surface area (Å²) in [6.45, 7) is 4.75. The van der Waals surface area contributed by atoms with E-state index in [2.05, 4.69) is 159 Å². The highest BCUT2D eigenvalue weighted by Gasteiger charge is 2.41. The van der Waals surface area contributed by atoms with Gasteiger partial charge in [0.1, 0.15) is 0 Å². The van der Waals surface area contributed by atoms with E-state index < -0.39 is 0 Å². The molecule has 0 unspecified atom stereocenters. The van der Waals surface area contributed by atoms with Crippen molar-refractivity contribution in [1.82, 2.24) is 0 Å². The van der Waals surface area contributed by atoms with Crippen LogP contribution in [-0.4, -0.2) is 0 Å². The molecule has 0 N–H and O–H groups in total. The Bertz CT molecular complexity index is 1670. The molecule has 0 radical (unpaired) electrons. The molecule has 0 nitrogen and oxygen atoms in total. The molecule has 0 amide bonds. The number of fused-ring (bicyclic) bond motifs is 6. The predicted molar refractivity (Wildman–Crippen MR) is 167 cm³/mol. The van der Waals surface area contributed by atoms with Gasteiger partial charge in [0.15, 0.2) is 0 Å². The van der Waals surface area contributed by atoms with Crippen LogP contribution in [0.2, 0.25) is 0 Å². The van der Waals surface area contributed by atoms with Gasteiger partial charge in [0, 0.05) is 10.8 Å². The molecule has 0 fully saturated rings. The zero-order valence-electron chi connectivity index (χ0n) is 22.9. The van der Waals surface area contributed by atoms with Crippen LogP contribution in [0.4, 0.5) is 0 Å². The topological polar surface area (TPSA) is 0 Å². The summed E-state index contributed by atoms with van der Waals surface area (Å²) in [5, 5.41) is 0. The van der Waals surface area contributed by atoms with Gasteiger partial charge in [0.25, 0.3) is 0 Å². The first kappa shape index (κ1) is 23.2. The van der Waals surface area contributed by atoms with Crippen LogP contribution in [0, 0.1) is 0 Å². The van der Waals surface area contributed by atoms with E-state index in [1.807, 2.05) is 0 Å². The van der Waals surface area contributed by atoms with Crippen molar-refractivity contribution in [2.75, 3.05) is 0 Å². The number of hydrogen-bond donors (Lipinski definition) is 0. The lowest BCUT2D eigenvalue weighted by Gasteiger charge is -2.29. The van der Waals surface area contributed by atoms with Gasteiger partial charge in [0.2, 0.25) is 0 Å². The number of benzene rings is 6. The molecular formula is C40H30. The molecule has 0 heteroatoms. The average Bonchev–Trinajstić information content (AvgIpc) is 3.45. The second-order valence-electron chi connectivity index (χ2n) is 11.6. The Labute approximate surface area is 236 Å². The molecule has 40 heavy (non-hydrogen) atoms. The Morgan fingerprint density at radius 2 is 0.550 bits per heavy atom. The van der Waals surface area contributed by atoms with E-state index in [9.17, 15) is 0 Å². The van der Waals surface area contributed by atoms with Crippen LogP contribution in [-0.2, 0) is 10.8 Å². The van der Waals surface area contributed by atoms with Crippen molar-refractivity contribution in [3.63, 3.8) is 0 Å². The normalized spacial score (nSPS) is 15.2. The summed E-state index contributed by atoms with van der Waals surface area (Å²) in [5.41, 5.74) is 15.8. The molecule has 0 spiro atoms. The highest BCUT2D eigenvalue weighted by atomic mass is 14.4. The maximum atomic E-state index is 2.37. The van der Waals surface area contributed by atoms with Gasteiger partial charge in [-0.2, -0.15) is 0 Å². The first-order valence-corrected chi connectivity index (χ1v) is 14.2. The fraction of sp³-hybridized carbons (Fsp3) is 0.100. The highest BCUT2D eigenvalue weighted by Crippen LogP contribution is 2.53. The molecule has 0 bridgehead atoms. The monoisotopic (exact) mass is 510 g/mol. The van der Waals surface area contributed by atoms with Crippen LogP contribution in [0.25, 0.3) is 33.4 Å². The van der Waals surface area contributed by atoms with Crippen molar-refractivity contribution in [2.24, 2.45) is 0 Å². The van der Waals surface area contributed by atoms with E-state index >= 15 is 0 Å². The van der Waals surface area contributed by atoms with E-state index in [0.29, 0.717) is 0 Å². The van der Waals surface area contributed by atoms with E-state index in [1.54, 1.807) is 0 Å². The van der Waals surface area contributed by atoms with Crippen molar-refractivity contribution < 1.29 is 0 Å². The molecule has 0 aliphatic heterocycles. The van der Waals surface area contributed by atoms with Crippen LogP contribution < -0.4 is 0 Å². The second kappa shape index (κ2) is 8.41. The summed E-state index contributed by atoms with van der Waals surface area (Å²) in [5.74, 6) is 0. The molecule has 2 aliphatic carbocycles. The van der Waals surface area contributed by atoms with E-state index in [0.717, 1.165) is 0 Å². The molecular weight excluding hydrogens is 480 g/mol. The standard InChI is InChI=1S/C40H30/c1-39(35-15-7-3-11-31(35)32-12-4-8-16-36(32)39)29-23-19-27(20-24-29)28-21-25-30(26-22-28)40(2)37-17-9-5-13-33(37)34-14-6-10-18-38(34)40/h3-26H,1-2H3. The summed E-state index contributed by atoms with van der Waals surface area (Å²) in [7, 11) is 0. The summed E-state index contributed by atoms with van der Waals surface area (Å²) in [6.07, 6.45) is 0. The van der Waals surface area contributed by atoms with Crippen molar-refractivity contribution in [2.45, 2.75) is 24.7 Å². The van der Waals surface area contributed by atoms with Crippen LogP contribution in [0.5, 0.6) is 0 Å². The lowest BCUT2D eigenvalue weighted by molar-refractivity contribution is 0.713. The van der Waals surface area contributed by atoms with Crippen molar-refractivity contribution in [3.05, 3.63) is 179 Å². The molecule has 0 heterocycles. The fourth-order valence-corrected chi connectivity index (χ4v) is 7.52. The second-order valence-corrected chi connectivity index (χ2v) is 11.6. The average molecular weight is 511 g/mol. The maximum Gasteiger partial charge on any atom is 0.0435 e. The predicted octanol–water partition coefficient (Wildman–Crippen LogP) is 10.0. The first-order valence-electron chi connectivity index (χ1n) is 14.2. The third-order valence-corrected chi connectivity index (χ3v) is 9.70. The minimum Gasteiger partial charge on any atom is -0.0619 e.